The SMILES string of the molecule is CCCCC/C=C/C/C=C/C/C=C/C/C=C/C/C=C/CCC(=O)OC[C@@H](COP(=O)([O-])OCC[N+](C)(C)C)OC(=O)CCCCCCCCCCCCCCCC. The number of nitrogens with zero attached hydrogens (tertiary/aromatic N) is 1. The maximum atomic E-state index is 12.7. The summed E-state index contributed by atoms with van der Waals surface area (Å²) in [4.78, 5) is 37.5. The van der Waals surface area contributed by atoms with Crippen LogP contribution < -0.4 is 4.89 Å². The first-order chi connectivity index (χ1) is 27.5. The molecular weight excluding hydrogens is 737 g/mol. The van der Waals surface area contributed by atoms with Crippen molar-refractivity contribution in [2.75, 3.05) is 47.5 Å². The molecule has 2 atom stereocenters. The number of phosphoric ester groups is 1. The van der Waals surface area contributed by atoms with E-state index in [-0.39, 0.29) is 26.1 Å². The maximum absolute atomic E-state index is 12.7. The second-order valence-electron chi connectivity index (χ2n) is 16.1. The molecule has 0 aromatic heterocycles. The molecule has 9 nitrogen and oxygen atoms in total. The van der Waals surface area contributed by atoms with Gasteiger partial charge in [0.05, 0.1) is 27.7 Å². The minimum Gasteiger partial charge on any atom is -0.756 e. The predicted molar refractivity (Wildman–Crippen MR) is 236 cm³/mol. The van der Waals surface area contributed by atoms with E-state index in [4.69, 9.17) is 18.5 Å². The molecular formula is C47H84NO8P. The number of hydrogen-bond acceptors (Lipinski definition) is 8. The van der Waals surface area contributed by atoms with Gasteiger partial charge in [0.2, 0.25) is 0 Å². The van der Waals surface area contributed by atoms with Gasteiger partial charge in [0.25, 0.3) is 7.82 Å². The summed E-state index contributed by atoms with van der Waals surface area (Å²) in [6, 6.07) is 0. The number of allylic oxidation sites excluding steroid dienone is 10. The zero-order valence-corrected chi connectivity index (χ0v) is 37.9. The third-order valence-corrected chi connectivity index (χ3v) is 10.3. The average Bonchev–Trinajstić information content (AvgIpc) is 3.16. The Morgan fingerprint density at radius 1 is 0.544 bits per heavy atom. The molecule has 0 saturated carbocycles. The Morgan fingerprint density at radius 3 is 1.47 bits per heavy atom. The van der Waals surface area contributed by atoms with Gasteiger partial charge in [0.15, 0.2) is 6.10 Å². The van der Waals surface area contributed by atoms with Gasteiger partial charge >= 0.3 is 11.9 Å². The molecule has 10 heteroatoms. The molecule has 0 rings (SSSR count). The summed E-state index contributed by atoms with van der Waals surface area (Å²) in [5.74, 6) is -0.931. The Hall–Kier alpha value is -2.29. The molecule has 0 spiro atoms. The lowest BCUT2D eigenvalue weighted by atomic mass is 10.0. The standard InChI is InChI=1S/C47H84NO8P/c1-6-8-10-12-14-16-18-20-22-23-24-25-26-28-29-31-33-35-37-39-46(49)53-43-45(44-55-57(51,52)54-42-41-48(3,4)5)56-47(50)40-38-36-34-32-30-27-21-19-17-15-13-11-9-7-2/h14,16,20,22,24-25,28-29,33,35,45H,6-13,15,17-19,21,23,26-27,30-32,34,36-44H2,1-5H3/b16-14+,22-20+,25-24+,29-28+,35-33+/t45-/m0/s1. The molecule has 0 aliphatic heterocycles. The Kier molecular flexibility index (Phi) is 37.6. The fraction of sp³-hybridized carbons (Fsp3) is 0.745. The molecule has 0 N–H and O–H groups in total. The monoisotopic (exact) mass is 822 g/mol. The summed E-state index contributed by atoms with van der Waals surface area (Å²) in [6.45, 7) is 4.11. The van der Waals surface area contributed by atoms with E-state index in [0.717, 1.165) is 44.9 Å². The summed E-state index contributed by atoms with van der Waals surface area (Å²) in [5.41, 5.74) is 0. The highest BCUT2D eigenvalue weighted by molar-refractivity contribution is 7.45. The molecule has 0 saturated heterocycles. The third-order valence-electron chi connectivity index (χ3n) is 9.30. The van der Waals surface area contributed by atoms with E-state index in [9.17, 15) is 19.0 Å². The molecule has 57 heavy (non-hydrogen) atoms. The number of quaternary nitrogens is 1. The number of ether oxygens (including phenoxy) is 2. The molecule has 0 heterocycles. The lowest BCUT2D eigenvalue weighted by Crippen LogP contribution is -2.37. The number of likely N-dealkylation sites (N-methyl/N-ethyl adjacent to an activating group) is 1. The van der Waals surface area contributed by atoms with E-state index in [1.807, 2.05) is 33.3 Å². The molecule has 0 amide bonds. The highest BCUT2D eigenvalue weighted by Gasteiger charge is 2.21. The van der Waals surface area contributed by atoms with Crippen molar-refractivity contribution >= 4 is 19.8 Å². The number of unbranched alkanes of at least 4 members (excludes halogenated alkanes) is 16. The summed E-state index contributed by atoms with van der Waals surface area (Å²) >= 11 is 0. The van der Waals surface area contributed by atoms with E-state index in [2.05, 4.69) is 62.5 Å². The van der Waals surface area contributed by atoms with Crippen molar-refractivity contribution in [3.63, 3.8) is 0 Å². The molecule has 330 valence electrons. The van der Waals surface area contributed by atoms with Gasteiger partial charge in [0.1, 0.15) is 19.8 Å². The highest BCUT2D eigenvalue weighted by atomic mass is 31.2. The Morgan fingerprint density at radius 2 is 0.982 bits per heavy atom. The normalized spacial score (nSPS) is 14.1. The molecule has 0 fully saturated rings. The lowest BCUT2D eigenvalue weighted by Gasteiger charge is -2.28. The Labute approximate surface area is 349 Å². The van der Waals surface area contributed by atoms with Gasteiger partial charge in [-0.25, -0.2) is 0 Å². The second kappa shape index (κ2) is 39.2. The predicted octanol–water partition coefficient (Wildman–Crippen LogP) is 12.2. The average molecular weight is 822 g/mol. The third kappa shape index (κ3) is 43.1. The minimum absolute atomic E-state index is 0.0429. The zero-order valence-electron chi connectivity index (χ0n) is 37.0. The maximum Gasteiger partial charge on any atom is 0.306 e. The van der Waals surface area contributed by atoms with Crippen LogP contribution in [0.4, 0.5) is 0 Å². The molecule has 0 aliphatic rings. The van der Waals surface area contributed by atoms with Crippen LogP contribution in [-0.4, -0.2) is 70.0 Å². The number of carbonyl (C=O) groups is 2. The fourth-order valence-electron chi connectivity index (χ4n) is 5.75. The van der Waals surface area contributed by atoms with Crippen molar-refractivity contribution in [1.82, 2.24) is 0 Å². The molecule has 1 unspecified atom stereocenters. The molecule has 0 bridgehead atoms. The van der Waals surface area contributed by atoms with Crippen molar-refractivity contribution < 1.29 is 42.1 Å². The molecule has 0 radical (unpaired) electrons. The lowest BCUT2D eigenvalue weighted by molar-refractivity contribution is -0.870. The van der Waals surface area contributed by atoms with Crippen LogP contribution >= 0.6 is 7.82 Å². The highest BCUT2D eigenvalue weighted by Crippen LogP contribution is 2.38. The van der Waals surface area contributed by atoms with Crippen LogP contribution in [0.2, 0.25) is 0 Å². The zero-order chi connectivity index (χ0) is 42.1. The molecule has 0 aromatic rings. The minimum atomic E-state index is -4.64. The number of hydrogen-bond donors (Lipinski definition) is 0. The summed E-state index contributed by atoms with van der Waals surface area (Å²) in [7, 11) is 1.12. The molecule has 0 aliphatic carbocycles. The van der Waals surface area contributed by atoms with E-state index in [0.29, 0.717) is 23.9 Å². The first kappa shape index (κ1) is 54.7. The first-order valence-electron chi connectivity index (χ1n) is 22.5. The van der Waals surface area contributed by atoms with Crippen molar-refractivity contribution in [2.45, 2.75) is 180 Å². The van der Waals surface area contributed by atoms with Crippen molar-refractivity contribution in [3.05, 3.63) is 60.8 Å². The topological polar surface area (TPSA) is 111 Å². The molecule has 0 aromatic carbocycles. The van der Waals surface area contributed by atoms with Crippen molar-refractivity contribution in [3.8, 4) is 0 Å². The summed E-state index contributed by atoms with van der Waals surface area (Å²) in [6.07, 6.45) is 46.9. The van der Waals surface area contributed by atoms with Gasteiger partial charge in [-0.3, -0.25) is 14.2 Å². The number of esters is 2. The summed E-state index contributed by atoms with van der Waals surface area (Å²) in [5, 5.41) is 0. The van der Waals surface area contributed by atoms with E-state index >= 15 is 0 Å². The van der Waals surface area contributed by atoms with Crippen LogP contribution in [0.1, 0.15) is 174 Å². The van der Waals surface area contributed by atoms with E-state index in [1.54, 1.807) is 0 Å². The smallest absolute Gasteiger partial charge is 0.306 e. The first-order valence-corrected chi connectivity index (χ1v) is 24.0. The van der Waals surface area contributed by atoms with Crippen LogP contribution in [0.5, 0.6) is 0 Å². The van der Waals surface area contributed by atoms with Gasteiger partial charge in [0, 0.05) is 12.8 Å². The Balaban J connectivity index is 4.47. The van der Waals surface area contributed by atoms with Gasteiger partial charge in [-0.2, -0.15) is 0 Å². The fourth-order valence-corrected chi connectivity index (χ4v) is 6.48. The number of carbonyl (C=O) groups excluding carboxylic acids is 2. The van der Waals surface area contributed by atoms with E-state index < -0.39 is 32.5 Å². The quantitative estimate of drug-likeness (QED) is 0.0197. The van der Waals surface area contributed by atoms with Crippen molar-refractivity contribution in [2.24, 2.45) is 0 Å². The number of rotatable bonds is 40. The van der Waals surface area contributed by atoms with Gasteiger partial charge < -0.3 is 27.9 Å². The van der Waals surface area contributed by atoms with Crippen LogP contribution in [0.15, 0.2) is 60.8 Å². The van der Waals surface area contributed by atoms with Crippen LogP contribution in [0.25, 0.3) is 0 Å². The van der Waals surface area contributed by atoms with Crippen LogP contribution in [0.3, 0.4) is 0 Å². The Bertz CT molecular complexity index is 1160. The van der Waals surface area contributed by atoms with E-state index in [1.165, 1.54) is 89.9 Å². The van der Waals surface area contributed by atoms with Crippen LogP contribution in [0, 0.1) is 0 Å². The second-order valence-corrected chi connectivity index (χ2v) is 17.5. The number of phosphoric acid groups is 1. The largest absolute Gasteiger partial charge is 0.756 e. The summed E-state index contributed by atoms with van der Waals surface area (Å²) < 4.78 is 33.8. The van der Waals surface area contributed by atoms with Crippen LogP contribution in [-0.2, 0) is 32.7 Å². The van der Waals surface area contributed by atoms with Gasteiger partial charge in [-0.1, -0.05) is 171 Å². The van der Waals surface area contributed by atoms with Gasteiger partial charge in [-0.05, 0) is 51.4 Å². The van der Waals surface area contributed by atoms with Gasteiger partial charge in [-0.15, -0.1) is 0 Å². The van der Waals surface area contributed by atoms with Crippen molar-refractivity contribution in [1.29, 1.82) is 0 Å².